The van der Waals surface area contributed by atoms with E-state index in [2.05, 4.69) is 155 Å². The van der Waals surface area contributed by atoms with Crippen LogP contribution in [0.1, 0.15) is 0 Å². The largest absolute Gasteiger partial charge is 0.453 e. The zero-order valence-electron chi connectivity index (χ0n) is 24.7. The molecule has 10 rings (SSSR count). The lowest BCUT2D eigenvalue weighted by Crippen LogP contribution is -2.20. The van der Waals surface area contributed by atoms with Gasteiger partial charge in [0, 0.05) is 22.5 Å². The molecule has 0 aliphatic carbocycles. The summed E-state index contributed by atoms with van der Waals surface area (Å²) >= 11 is 0. The molecule has 3 heterocycles. The summed E-state index contributed by atoms with van der Waals surface area (Å²) in [5.74, 6) is 3.15. The average Bonchev–Trinajstić information content (AvgIpc) is 3.44. The minimum absolute atomic E-state index is 0.767. The molecule has 0 N–H and O–H groups in total. The first kappa shape index (κ1) is 25.1. The van der Waals surface area contributed by atoms with E-state index >= 15 is 0 Å². The van der Waals surface area contributed by atoms with Crippen LogP contribution in [0.15, 0.2) is 158 Å². The molecule has 0 bridgehead atoms. The number of nitrogens with zero attached hydrogens (tertiary/aromatic N) is 2. The van der Waals surface area contributed by atoms with Crippen molar-refractivity contribution in [1.29, 1.82) is 0 Å². The molecule has 46 heavy (non-hydrogen) atoms. The lowest BCUT2D eigenvalue weighted by Gasteiger charge is -2.38. The third kappa shape index (κ3) is 3.67. The van der Waals surface area contributed by atoms with Crippen molar-refractivity contribution in [3.8, 4) is 50.9 Å². The zero-order chi connectivity index (χ0) is 30.2. The van der Waals surface area contributed by atoms with Crippen LogP contribution < -0.4 is 14.4 Å². The van der Waals surface area contributed by atoms with E-state index in [1.165, 1.54) is 10.8 Å². The molecular formula is C42H26N2O2. The van der Waals surface area contributed by atoms with Crippen molar-refractivity contribution in [3.63, 3.8) is 0 Å². The molecule has 0 amide bonds. The molecule has 2 aliphatic heterocycles. The second-order valence-electron chi connectivity index (χ2n) is 11.8. The predicted molar refractivity (Wildman–Crippen MR) is 186 cm³/mol. The minimum atomic E-state index is 0.767. The van der Waals surface area contributed by atoms with E-state index in [1.54, 1.807) is 0 Å². The Balaban J connectivity index is 1.25. The van der Waals surface area contributed by atoms with Gasteiger partial charge in [0.1, 0.15) is 5.69 Å². The van der Waals surface area contributed by atoms with Crippen LogP contribution in [-0.4, -0.2) is 4.57 Å². The third-order valence-electron chi connectivity index (χ3n) is 9.13. The van der Waals surface area contributed by atoms with Crippen molar-refractivity contribution in [3.05, 3.63) is 158 Å². The fourth-order valence-electron chi connectivity index (χ4n) is 7.05. The van der Waals surface area contributed by atoms with Crippen molar-refractivity contribution in [2.24, 2.45) is 0 Å². The van der Waals surface area contributed by atoms with E-state index in [1.807, 2.05) is 12.1 Å². The van der Waals surface area contributed by atoms with Crippen molar-refractivity contribution < 1.29 is 9.47 Å². The first-order valence-electron chi connectivity index (χ1n) is 15.5. The quantitative estimate of drug-likeness (QED) is 0.205. The maximum Gasteiger partial charge on any atom is 0.156 e. The first-order valence-corrected chi connectivity index (χ1v) is 15.5. The smallest absolute Gasteiger partial charge is 0.156 e. The molecule has 0 atom stereocenters. The second kappa shape index (κ2) is 9.62. The number of aromatic nitrogens is 1. The Hall–Kier alpha value is -6.26. The van der Waals surface area contributed by atoms with Gasteiger partial charge in [-0.05, 0) is 70.8 Å². The second-order valence-corrected chi connectivity index (χ2v) is 11.8. The van der Waals surface area contributed by atoms with Gasteiger partial charge < -0.3 is 14.0 Å². The van der Waals surface area contributed by atoms with E-state index in [-0.39, 0.29) is 0 Å². The Morgan fingerprint density at radius 3 is 1.67 bits per heavy atom. The number of hydrogen-bond acceptors (Lipinski definition) is 3. The maximum absolute atomic E-state index is 6.85. The third-order valence-corrected chi connectivity index (χ3v) is 9.13. The summed E-state index contributed by atoms with van der Waals surface area (Å²) in [6.07, 6.45) is 0. The van der Waals surface area contributed by atoms with Crippen molar-refractivity contribution in [2.75, 3.05) is 4.90 Å². The highest BCUT2D eigenvalue weighted by Gasteiger charge is 2.36. The molecule has 8 aromatic rings. The highest BCUT2D eigenvalue weighted by atomic mass is 16.5. The van der Waals surface area contributed by atoms with Crippen LogP contribution in [0.3, 0.4) is 0 Å². The van der Waals surface area contributed by atoms with Gasteiger partial charge in [0.15, 0.2) is 23.0 Å². The van der Waals surface area contributed by atoms with E-state index in [9.17, 15) is 0 Å². The van der Waals surface area contributed by atoms with Gasteiger partial charge in [0.2, 0.25) is 0 Å². The SMILES string of the molecule is c1ccc(-c2ccc3c(c2)Oc2cc(-c4ccccc4)cc4c2N3c2cc3c5ccccc5n(-c5ccccc5)c3cc2O4)cc1. The van der Waals surface area contributed by atoms with E-state index in [4.69, 9.17) is 9.47 Å². The molecule has 0 saturated heterocycles. The van der Waals surface area contributed by atoms with Crippen LogP contribution in [0, 0.1) is 0 Å². The highest BCUT2D eigenvalue weighted by molar-refractivity contribution is 6.12. The van der Waals surface area contributed by atoms with Gasteiger partial charge in [-0.25, -0.2) is 0 Å². The van der Waals surface area contributed by atoms with Crippen LogP contribution in [-0.2, 0) is 0 Å². The van der Waals surface area contributed by atoms with Gasteiger partial charge >= 0.3 is 0 Å². The average molecular weight is 591 g/mol. The van der Waals surface area contributed by atoms with Gasteiger partial charge in [-0.3, -0.25) is 4.90 Å². The highest BCUT2D eigenvalue weighted by Crippen LogP contribution is 2.61. The number of ether oxygens (including phenoxy) is 2. The van der Waals surface area contributed by atoms with Crippen LogP contribution in [0.5, 0.6) is 23.0 Å². The molecule has 0 fully saturated rings. The van der Waals surface area contributed by atoms with E-state index in [0.29, 0.717) is 0 Å². The molecule has 0 unspecified atom stereocenters. The summed E-state index contributed by atoms with van der Waals surface area (Å²) in [5, 5.41) is 2.36. The van der Waals surface area contributed by atoms with Crippen molar-refractivity contribution in [1.82, 2.24) is 4.57 Å². The summed E-state index contributed by atoms with van der Waals surface area (Å²) in [7, 11) is 0. The fourth-order valence-corrected chi connectivity index (χ4v) is 7.05. The lowest BCUT2D eigenvalue weighted by atomic mass is 9.99. The molecular weight excluding hydrogens is 564 g/mol. The number of fused-ring (bicyclic) bond motifs is 7. The minimum Gasteiger partial charge on any atom is -0.453 e. The Morgan fingerprint density at radius 2 is 0.957 bits per heavy atom. The number of rotatable bonds is 3. The van der Waals surface area contributed by atoms with Gasteiger partial charge in [-0.2, -0.15) is 0 Å². The summed E-state index contributed by atoms with van der Waals surface area (Å²) in [5.41, 5.74) is 10.7. The van der Waals surface area contributed by atoms with Gasteiger partial charge in [0.25, 0.3) is 0 Å². The van der Waals surface area contributed by atoms with Crippen LogP contribution >= 0.6 is 0 Å². The Labute approximate surface area is 265 Å². The lowest BCUT2D eigenvalue weighted by molar-refractivity contribution is 0.447. The summed E-state index contributed by atoms with van der Waals surface area (Å²) in [6, 6.07) is 55.2. The molecule has 1 aromatic heterocycles. The molecule has 216 valence electrons. The predicted octanol–water partition coefficient (Wildman–Crippen LogP) is 11.8. The zero-order valence-corrected chi connectivity index (χ0v) is 24.7. The van der Waals surface area contributed by atoms with Crippen molar-refractivity contribution in [2.45, 2.75) is 0 Å². The summed E-state index contributed by atoms with van der Waals surface area (Å²) in [4.78, 5) is 2.32. The molecule has 0 radical (unpaired) electrons. The Kier molecular flexibility index (Phi) is 5.25. The number of benzene rings is 7. The van der Waals surface area contributed by atoms with Crippen LogP contribution in [0.2, 0.25) is 0 Å². The summed E-state index contributed by atoms with van der Waals surface area (Å²) < 4.78 is 15.9. The summed E-state index contributed by atoms with van der Waals surface area (Å²) in [6.45, 7) is 0. The van der Waals surface area contributed by atoms with Gasteiger partial charge in [-0.15, -0.1) is 0 Å². The number of anilines is 3. The Bertz CT molecular complexity index is 2470. The van der Waals surface area contributed by atoms with Crippen LogP contribution in [0.4, 0.5) is 17.1 Å². The monoisotopic (exact) mass is 590 g/mol. The van der Waals surface area contributed by atoms with Crippen LogP contribution in [0.25, 0.3) is 49.7 Å². The number of hydrogen-bond donors (Lipinski definition) is 0. The topological polar surface area (TPSA) is 26.6 Å². The normalized spacial score (nSPS) is 12.7. The first-order chi connectivity index (χ1) is 22.8. The fraction of sp³-hybridized carbons (Fsp3) is 0. The number of para-hydroxylation sites is 2. The molecule has 0 spiro atoms. The van der Waals surface area contributed by atoms with Gasteiger partial charge in [0.05, 0.1) is 22.4 Å². The van der Waals surface area contributed by atoms with E-state index in [0.717, 1.165) is 79.0 Å². The van der Waals surface area contributed by atoms with E-state index < -0.39 is 0 Å². The molecule has 7 aromatic carbocycles. The standard InChI is InChI=1S/C42H26N2O2/c1-4-12-27(13-5-1)29-20-21-35-38(22-29)45-40-23-30(28-14-6-2-7-15-28)24-41-42(40)44(35)37-25-33-32-18-10-11-19-34(32)43(31-16-8-3-9-17-31)36(33)26-39(37)46-41/h1-26H. The Morgan fingerprint density at radius 1 is 0.370 bits per heavy atom. The maximum atomic E-state index is 6.85. The molecule has 0 saturated carbocycles. The molecule has 4 heteroatoms. The van der Waals surface area contributed by atoms with Gasteiger partial charge in [-0.1, -0.05) is 103 Å². The molecule has 2 aliphatic rings. The molecule has 4 nitrogen and oxygen atoms in total. The van der Waals surface area contributed by atoms with Crippen molar-refractivity contribution >= 4 is 38.9 Å².